The Morgan fingerprint density at radius 3 is 2.34 bits per heavy atom. The molecule has 8 nitrogen and oxygen atoms in total. The zero-order valence-electron chi connectivity index (χ0n) is 18.6. The highest BCUT2D eigenvalue weighted by molar-refractivity contribution is 5.92. The Hall–Kier alpha value is -3.33. The summed E-state index contributed by atoms with van der Waals surface area (Å²) in [6.07, 6.45) is 0. The van der Waals surface area contributed by atoms with E-state index in [0.717, 1.165) is 5.56 Å². The smallest absolute Gasteiger partial charge is 0.317 e. The molecule has 1 fully saturated rings. The van der Waals surface area contributed by atoms with Crippen LogP contribution in [0.1, 0.15) is 18.5 Å². The van der Waals surface area contributed by atoms with Crippen LogP contribution in [0, 0.1) is 5.82 Å². The SMILES string of the molecule is COc1ccc(OC)c(C(C)NC(=O)N2CCN(CC(=O)Nc3ccc(F)cc3)CC2)c1. The maximum absolute atomic E-state index is 13.0. The van der Waals surface area contributed by atoms with Gasteiger partial charge in [-0.15, -0.1) is 0 Å². The fourth-order valence-electron chi connectivity index (χ4n) is 3.58. The van der Waals surface area contributed by atoms with Gasteiger partial charge in [-0.1, -0.05) is 0 Å². The average molecular weight is 445 g/mol. The van der Waals surface area contributed by atoms with E-state index in [4.69, 9.17) is 9.47 Å². The molecule has 0 aliphatic carbocycles. The number of amides is 3. The molecule has 1 unspecified atom stereocenters. The van der Waals surface area contributed by atoms with Crippen LogP contribution < -0.4 is 20.1 Å². The van der Waals surface area contributed by atoms with Gasteiger partial charge in [0.25, 0.3) is 0 Å². The van der Waals surface area contributed by atoms with Crippen LogP contribution in [-0.4, -0.2) is 68.7 Å². The third-order valence-corrected chi connectivity index (χ3v) is 5.40. The molecule has 2 aromatic carbocycles. The van der Waals surface area contributed by atoms with Gasteiger partial charge in [0, 0.05) is 37.4 Å². The van der Waals surface area contributed by atoms with Gasteiger partial charge in [0.05, 0.1) is 26.8 Å². The highest BCUT2D eigenvalue weighted by Crippen LogP contribution is 2.29. The van der Waals surface area contributed by atoms with Gasteiger partial charge in [0.2, 0.25) is 5.91 Å². The van der Waals surface area contributed by atoms with Crippen molar-refractivity contribution >= 4 is 17.6 Å². The van der Waals surface area contributed by atoms with Crippen molar-refractivity contribution in [3.63, 3.8) is 0 Å². The van der Waals surface area contributed by atoms with Crippen molar-refractivity contribution in [1.82, 2.24) is 15.1 Å². The summed E-state index contributed by atoms with van der Waals surface area (Å²) in [5, 5.41) is 5.76. The average Bonchev–Trinajstić information content (AvgIpc) is 2.80. The Balaban J connectivity index is 1.48. The van der Waals surface area contributed by atoms with Crippen molar-refractivity contribution in [2.24, 2.45) is 0 Å². The lowest BCUT2D eigenvalue weighted by Gasteiger charge is -2.35. The molecule has 1 heterocycles. The van der Waals surface area contributed by atoms with Gasteiger partial charge in [-0.05, 0) is 49.4 Å². The van der Waals surface area contributed by atoms with Crippen molar-refractivity contribution in [2.45, 2.75) is 13.0 Å². The number of anilines is 1. The Morgan fingerprint density at radius 1 is 1.03 bits per heavy atom. The number of carbonyl (C=O) groups excluding carboxylic acids is 2. The van der Waals surface area contributed by atoms with Crippen LogP contribution >= 0.6 is 0 Å². The van der Waals surface area contributed by atoms with E-state index in [1.165, 1.54) is 24.3 Å². The van der Waals surface area contributed by atoms with Crippen molar-refractivity contribution in [3.05, 3.63) is 53.8 Å². The van der Waals surface area contributed by atoms with Gasteiger partial charge in [-0.2, -0.15) is 0 Å². The first-order valence-electron chi connectivity index (χ1n) is 10.4. The van der Waals surface area contributed by atoms with Gasteiger partial charge < -0.3 is 25.0 Å². The lowest BCUT2D eigenvalue weighted by Crippen LogP contribution is -2.53. The summed E-state index contributed by atoms with van der Waals surface area (Å²) < 4.78 is 23.7. The van der Waals surface area contributed by atoms with Crippen LogP contribution in [-0.2, 0) is 4.79 Å². The minimum absolute atomic E-state index is 0.169. The molecule has 9 heteroatoms. The number of methoxy groups -OCH3 is 2. The summed E-state index contributed by atoms with van der Waals surface area (Å²) >= 11 is 0. The molecule has 3 amide bonds. The Morgan fingerprint density at radius 2 is 1.72 bits per heavy atom. The Kier molecular flexibility index (Phi) is 7.88. The van der Waals surface area contributed by atoms with Crippen molar-refractivity contribution in [2.75, 3.05) is 52.3 Å². The summed E-state index contributed by atoms with van der Waals surface area (Å²) in [5.41, 5.74) is 1.38. The predicted octanol–water partition coefficient (Wildman–Crippen LogP) is 2.87. The fourth-order valence-corrected chi connectivity index (χ4v) is 3.58. The minimum Gasteiger partial charge on any atom is -0.497 e. The minimum atomic E-state index is -0.350. The van der Waals surface area contributed by atoms with E-state index in [-0.39, 0.29) is 30.3 Å². The molecule has 2 N–H and O–H groups in total. The number of nitrogens with zero attached hydrogens (tertiary/aromatic N) is 2. The zero-order valence-corrected chi connectivity index (χ0v) is 18.6. The van der Waals surface area contributed by atoms with E-state index in [2.05, 4.69) is 10.6 Å². The van der Waals surface area contributed by atoms with Crippen LogP contribution in [0.25, 0.3) is 0 Å². The fraction of sp³-hybridized carbons (Fsp3) is 0.391. The van der Waals surface area contributed by atoms with Crippen molar-refractivity contribution in [3.8, 4) is 11.5 Å². The summed E-state index contributed by atoms with van der Waals surface area (Å²) in [6, 6.07) is 10.7. The number of urea groups is 1. The van der Waals surface area contributed by atoms with E-state index in [1.54, 1.807) is 19.1 Å². The highest BCUT2D eigenvalue weighted by Gasteiger charge is 2.24. The van der Waals surface area contributed by atoms with Crippen LogP contribution in [0.3, 0.4) is 0 Å². The first-order chi connectivity index (χ1) is 15.4. The molecule has 3 rings (SSSR count). The number of hydrogen-bond acceptors (Lipinski definition) is 5. The Bertz CT molecular complexity index is 930. The molecule has 0 saturated carbocycles. The van der Waals surface area contributed by atoms with E-state index in [1.807, 2.05) is 30.0 Å². The molecule has 0 aromatic heterocycles. The van der Waals surface area contributed by atoms with Gasteiger partial charge in [-0.25, -0.2) is 9.18 Å². The first-order valence-corrected chi connectivity index (χ1v) is 10.4. The number of ether oxygens (including phenoxy) is 2. The lowest BCUT2D eigenvalue weighted by atomic mass is 10.1. The second-order valence-corrected chi connectivity index (χ2v) is 7.60. The number of halogens is 1. The zero-order chi connectivity index (χ0) is 23.1. The van der Waals surface area contributed by atoms with E-state index >= 15 is 0 Å². The van der Waals surface area contributed by atoms with E-state index in [0.29, 0.717) is 43.4 Å². The third kappa shape index (κ3) is 6.10. The molecular weight excluding hydrogens is 415 g/mol. The molecule has 0 spiro atoms. The number of nitrogens with one attached hydrogen (secondary N) is 2. The maximum Gasteiger partial charge on any atom is 0.317 e. The Labute approximate surface area is 187 Å². The molecule has 1 atom stereocenters. The summed E-state index contributed by atoms with van der Waals surface area (Å²) in [6.45, 7) is 4.30. The molecule has 1 saturated heterocycles. The number of hydrogen-bond donors (Lipinski definition) is 2. The van der Waals surface area contributed by atoms with Crippen molar-refractivity contribution < 1.29 is 23.5 Å². The van der Waals surface area contributed by atoms with Gasteiger partial charge in [-0.3, -0.25) is 9.69 Å². The van der Waals surface area contributed by atoms with Crippen LogP contribution in [0.5, 0.6) is 11.5 Å². The molecule has 0 bridgehead atoms. The summed E-state index contributed by atoms with van der Waals surface area (Å²) in [5.74, 6) is 0.842. The predicted molar refractivity (Wildman–Crippen MR) is 120 cm³/mol. The van der Waals surface area contributed by atoms with Gasteiger partial charge >= 0.3 is 6.03 Å². The van der Waals surface area contributed by atoms with Crippen LogP contribution in [0.4, 0.5) is 14.9 Å². The second-order valence-electron chi connectivity index (χ2n) is 7.60. The number of benzene rings is 2. The molecule has 0 radical (unpaired) electrons. The molecular formula is C23H29FN4O4. The van der Waals surface area contributed by atoms with Crippen LogP contribution in [0.15, 0.2) is 42.5 Å². The topological polar surface area (TPSA) is 83.1 Å². The summed E-state index contributed by atoms with van der Waals surface area (Å²) in [4.78, 5) is 28.7. The maximum atomic E-state index is 13.0. The standard InChI is InChI=1S/C23H29FN4O4/c1-16(20-14-19(31-2)8-9-21(20)32-3)25-23(30)28-12-10-27(11-13-28)15-22(29)26-18-6-4-17(24)5-7-18/h4-9,14,16H,10-13,15H2,1-3H3,(H,25,30)(H,26,29). The van der Waals surface area contributed by atoms with Crippen molar-refractivity contribution in [1.29, 1.82) is 0 Å². The quantitative estimate of drug-likeness (QED) is 0.686. The lowest BCUT2D eigenvalue weighted by molar-refractivity contribution is -0.117. The van der Waals surface area contributed by atoms with Crippen LogP contribution in [0.2, 0.25) is 0 Å². The molecule has 1 aliphatic heterocycles. The number of carbonyl (C=O) groups is 2. The van der Waals surface area contributed by atoms with Gasteiger partial charge in [0.1, 0.15) is 17.3 Å². The molecule has 2 aromatic rings. The molecule has 1 aliphatic rings. The van der Waals surface area contributed by atoms with E-state index in [9.17, 15) is 14.0 Å². The second kappa shape index (κ2) is 10.8. The normalized spacial score (nSPS) is 15.1. The largest absolute Gasteiger partial charge is 0.497 e. The molecule has 172 valence electrons. The molecule has 32 heavy (non-hydrogen) atoms. The first kappa shape index (κ1) is 23.3. The van der Waals surface area contributed by atoms with E-state index < -0.39 is 0 Å². The summed E-state index contributed by atoms with van der Waals surface area (Å²) in [7, 11) is 3.18. The highest BCUT2D eigenvalue weighted by atomic mass is 19.1. The number of rotatable bonds is 7. The third-order valence-electron chi connectivity index (χ3n) is 5.40. The monoisotopic (exact) mass is 444 g/mol. The van der Waals surface area contributed by atoms with Gasteiger partial charge in [0.15, 0.2) is 0 Å². The number of piperazine rings is 1.